The van der Waals surface area contributed by atoms with Gasteiger partial charge in [0.25, 0.3) is 11.8 Å². The van der Waals surface area contributed by atoms with E-state index in [9.17, 15) is 14.0 Å². The molecule has 0 fully saturated rings. The van der Waals surface area contributed by atoms with Gasteiger partial charge in [-0.05, 0) is 48.6 Å². The van der Waals surface area contributed by atoms with Crippen LogP contribution in [0.5, 0.6) is 5.75 Å². The van der Waals surface area contributed by atoms with Crippen LogP contribution < -0.4 is 20.9 Å². The number of hydrazine groups is 1. The molecule has 0 atom stereocenters. The zero-order valence-electron chi connectivity index (χ0n) is 16.8. The fraction of sp³-hybridized carbons (Fsp3) is 0.150. The van der Waals surface area contributed by atoms with Gasteiger partial charge >= 0.3 is 0 Å². The Labute approximate surface area is 202 Å². The maximum Gasteiger partial charge on any atom is 0.281 e. The number of halogens is 3. The van der Waals surface area contributed by atoms with E-state index in [-0.39, 0.29) is 11.6 Å². The molecule has 3 N–H and O–H groups in total. The van der Waals surface area contributed by atoms with Crippen LogP contribution in [-0.4, -0.2) is 42.5 Å². The first-order valence-corrected chi connectivity index (χ1v) is 11.0. The minimum absolute atomic E-state index is 0.0951. The van der Waals surface area contributed by atoms with Gasteiger partial charge in [0.15, 0.2) is 11.7 Å². The Kier molecular flexibility index (Phi) is 7.73. The summed E-state index contributed by atoms with van der Waals surface area (Å²) < 4.78 is 19.4. The summed E-state index contributed by atoms with van der Waals surface area (Å²) in [4.78, 5) is 26.5. The average molecular weight is 515 g/mol. The molecule has 0 aliphatic heterocycles. The van der Waals surface area contributed by atoms with Gasteiger partial charge in [0.2, 0.25) is 0 Å². The van der Waals surface area contributed by atoms with E-state index in [1.165, 1.54) is 23.5 Å². The first-order valence-electron chi connectivity index (χ1n) is 9.03. The fourth-order valence-electron chi connectivity index (χ4n) is 2.48. The minimum Gasteiger partial charge on any atom is -0.484 e. The van der Waals surface area contributed by atoms with Crippen molar-refractivity contribution in [3.8, 4) is 5.75 Å². The Morgan fingerprint density at radius 2 is 1.91 bits per heavy atom. The van der Waals surface area contributed by atoms with Crippen LogP contribution in [0.1, 0.15) is 9.67 Å². The summed E-state index contributed by atoms with van der Waals surface area (Å²) in [7, 11) is 3.48. The minimum atomic E-state index is -0.576. The van der Waals surface area contributed by atoms with Gasteiger partial charge in [-0.1, -0.05) is 23.2 Å². The molecular formula is C20H17Cl2FN4O3S2. The van der Waals surface area contributed by atoms with Crippen LogP contribution in [0.3, 0.4) is 0 Å². The second kappa shape index (κ2) is 10.3. The number of rotatable bonds is 5. The number of ether oxygens (including phenoxy) is 1. The van der Waals surface area contributed by atoms with E-state index in [1.54, 1.807) is 37.2 Å². The number of carbonyl (C=O) groups excluding carboxylic acids is 2. The maximum absolute atomic E-state index is 13.2. The number of amides is 2. The third-order valence-electron chi connectivity index (χ3n) is 4.07. The Morgan fingerprint density at radius 1 is 1.16 bits per heavy atom. The highest BCUT2D eigenvalue weighted by atomic mass is 35.5. The van der Waals surface area contributed by atoms with Gasteiger partial charge in [-0.3, -0.25) is 20.4 Å². The standard InChI is InChI=1S/C20H17Cl2FN4O3S2/c1-27(2)20(31)26-25-19(29)18-17(22)12-5-4-11(8-15(12)32-18)30-9-16(28)24-10-3-6-14(23)13(21)7-10/h3-8H,9H2,1-2H3,(H,24,28)(H,25,29)(H,26,31). The number of nitrogens with one attached hydrogen (secondary N) is 3. The molecule has 168 valence electrons. The number of hydrogen-bond donors (Lipinski definition) is 3. The van der Waals surface area contributed by atoms with Crippen molar-refractivity contribution in [3.05, 3.63) is 57.1 Å². The molecule has 7 nitrogen and oxygen atoms in total. The highest BCUT2D eigenvalue weighted by Gasteiger charge is 2.18. The Hall–Kier alpha value is -2.66. The maximum atomic E-state index is 13.2. The van der Waals surface area contributed by atoms with Gasteiger partial charge < -0.3 is 15.0 Å². The van der Waals surface area contributed by atoms with Gasteiger partial charge in [-0.25, -0.2) is 4.39 Å². The summed E-state index contributed by atoms with van der Waals surface area (Å²) in [5.41, 5.74) is 5.48. The van der Waals surface area contributed by atoms with Crippen LogP contribution in [0, 0.1) is 5.82 Å². The third-order valence-corrected chi connectivity index (χ3v) is 6.48. The number of thiocarbonyl (C=S) groups is 1. The molecule has 32 heavy (non-hydrogen) atoms. The summed E-state index contributed by atoms with van der Waals surface area (Å²) in [5, 5.41) is 3.79. The molecule has 0 radical (unpaired) electrons. The largest absolute Gasteiger partial charge is 0.484 e. The molecule has 0 saturated carbocycles. The second-order valence-electron chi connectivity index (χ2n) is 6.65. The van der Waals surface area contributed by atoms with Gasteiger partial charge in [-0.2, -0.15) is 0 Å². The monoisotopic (exact) mass is 514 g/mol. The smallest absolute Gasteiger partial charge is 0.281 e. The third kappa shape index (κ3) is 5.77. The predicted octanol–water partition coefficient (Wildman–Crippen LogP) is 4.45. The van der Waals surface area contributed by atoms with Crippen LogP contribution in [0.4, 0.5) is 10.1 Å². The van der Waals surface area contributed by atoms with E-state index < -0.39 is 17.6 Å². The lowest BCUT2D eigenvalue weighted by molar-refractivity contribution is -0.118. The predicted molar refractivity (Wildman–Crippen MR) is 129 cm³/mol. The molecule has 12 heteroatoms. The summed E-state index contributed by atoms with van der Waals surface area (Å²) in [5.74, 6) is -1.03. The molecule has 0 bridgehead atoms. The number of carbonyl (C=O) groups is 2. The lowest BCUT2D eigenvalue weighted by Crippen LogP contribution is -2.46. The van der Waals surface area contributed by atoms with Crippen LogP contribution in [-0.2, 0) is 4.79 Å². The molecule has 0 aliphatic carbocycles. The number of fused-ring (bicyclic) bond motifs is 1. The van der Waals surface area contributed by atoms with Crippen LogP contribution >= 0.6 is 46.8 Å². The summed E-state index contributed by atoms with van der Waals surface area (Å²) in [6.45, 7) is -0.279. The average Bonchev–Trinajstić information content (AvgIpc) is 3.08. The highest BCUT2D eigenvalue weighted by molar-refractivity contribution is 7.80. The van der Waals surface area contributed by atoms with Crippen molar-refractivity contribution < 1.29 is 18.7 Å². The molecule has 0 unspecified atom stereocenters. The summed E-state index contributed by atoms with van der Waals surface area (Å²) >= 11 is 18.3. The zero-order chi connectivity index (χ0) is 23.4. The lowest BCUT2D eigenvalue weighted by Gasteiger charge is -2.15. The van der Waals surface area contributed by atoms with Gasteiger partial charge in [0.05, 0.1) is 10.0 Å². The van der Waals surface area contributed by atoms with Crippen LogP contribution in [0.25, 0.3) is 10.1 Å². The number of nitrogens with zero attached hydrogens (tertiary/aromatic N) is 1. The van der Waals surface area contributed by atoms with E-state index >= 15 is 0 Å². The molecule has 0 aliphatic rings. The van der Waals surface area contributed by atoms with Crippen molar-refractivity contribution >= 4 is 79.5 Å². The quantitative estimate of drug-likeness (QED) is 0.344. The van der Waals surface area contributed by atoms with Crippen molar-refractivity contribution in [2.75, 3.05) is 26.0 Å². The lowest BCUT2D eigenvalue weighted by atomic mass is 10.2. The van der Waals surface area contributed by atoms with E-state index in [4.69, 9.17) is 40.2 Å². The topological polar surface area (TPSA) is 82.7 Å². The highest BCUT2D eigenvalue weighted by Crippen LogP contribution is 2.37. The van der Waals surface area contributed by atoms with E-state index in [1.807, 2.05) is 0 Å². The Balaban J connectivity index is 1.64. The number of thiophene rings is 1. The molecule has 0 saturated heterocycles. The van der Waals surface area contributed by atoms with Crippen LogP contribution in [0.2, 0.25) is 10.0 Å². The molecule has 3 aromatic rings. The van der Waals surface area contributed by atoms with Gasteiger partial charge in [0.1, 0.15) is 16.4 Å². The molecule has 2 amide bonds. The van der Waals surface area contributed by atoms with E-state index in [0.29, 0.717) is 36.5 Å². The molecule has 2 aromatic carbocycles. The van der Waals surface area contributed by atoms with Crippen molar-refractivity contribution in [1.82, 2.24) is 15.8 Å². The van der Waals surface area contributed by atoms with Crippen molar-refractivity contribution in [3.63, 3.8) is 0 Å². The van der Waals surface area contributed by atoms with Crippen LogP contribution in [0.15, 0.2) is 36.4 Å². The molecular weight excluding hydrogens is 498 g/mol. The number of hydrogen-bond acceptors (Lipinski definition) is 5. The van der Waals surface area contributed by atoms with E-state index in [0.717, 1.165) is 6.07 Å². The number of benzene rings is 2. The molecule has 0 spiro atoms. The molecule has 1 aromatic heterocycles. The van der Waals surface area contributed by atoms with Crippen molar-refractivity contribution in [2.24, 2.45) is 0 Å². The first kappa shape index (κ1) is 24.0. The van der Waals surface area contributed by atoms with Gasteiger partial charge in [-0.15, -0.1) is 11.3 Å². The normalized spacial score (nSPS) is 10.5. The van der Waals surface area contributed by atoms with Crippen molar-refractivity contribution in [2.45, 2.75) is 0 Å². The van der Waals surface area contributed by atoms with E-state index in [2.05, 4.69) is 16.2 Å². The SMILES string of the molecule is CN(C)C(=S)NNC(=O)c1sc2cc(OCC(=O)Nc3ccc(F)c(Cl)c3)ccc2c1Cl. The first-order chi connectivity index (χ1) is 15.2. The zero-order valence-corrected chi connectivity index (χ0v) is 19.9. The number of anilines is 1. The molecule has 1 heterocycles. The Bertz CT molecular complexity index is 1200. The molecule has 3 rings (SSSR count). The fourth-order valence-corrected chi connectivity index (χ4v) is 4.15. The Morgan fingerprint density at radius 3 is 2.59 bits per heavy atom. The second-order valence-corrected chi connectivity index (χ2v) is 8.87. The summed E-state index contributed by atoms with van der Waals surface area (Å²) in [6, 6.07) is 8.89. The summed E-state index contributed by atoms with van der Waals surface area (Å²) in [6.07, 6.45) is 0. The van der Waals surface area contributed by atoms with Gasteiger partial charge in [0, 0.05) is 29.9 Å². The van der Waals surface area contributed by atoms with Crippen molar-refractivity contribution in [1.29, 1.82) is 0 Å².